The lowest BCUT2D eigenvalue weighted by atomic mass is 10.1. The molecular formula is C44H44N4O10. The van der Waals surface area contributed by atoms with Crippen LogP contribution >= 0.6 is 0 Å². The first-order valence-corrected chi connectivity index (χ1v) is 19.3. The zero-order chi connectivity index (χ0) is 40.4. The number of amides is 6. The fourth-order valence-corrected chi connectivity index (χ4v) is 6.97. The summed E-state index contributed by atoms with van der Waals surface area (Å²) in [6.07, 6.45) is 0. The summed E-state index contributed by atoms with van der Waals surface area (Å²) in [5.74, 6) is -1.75. The Bertz CT molecular complexity index is 1910. The van der Waals surface area contributed by atoms with Gasteiger partial charge in [0.25, 0.3) is 35.4 Å². The Morgan fingerprint density at radius 2 is 0.672 bits per heavy atom. The Hall–Kier alpha value is -6.06. The number of fused-ring (bicyclic) bond motifs is 2. The maximum absolute atomic E-state index is 13.6. The van der Waals surface area contributed by atoms with Gasteiger partial charge in [0.2, 0.25) is 0 Å². The number of imide groups is 2. The number of nitrogens with zero attached hydrogens (tertiary/aromatic N) is 4. The molecule has 3 aliphatic rings. The maximum Gasteiger partial charge on any atom is 0.261 e. The molecule has 0 atom stereocenters. The van der Waals surface area contributed by atoms with Crippen LogP contribution in [0.1, 0.15) is 73.3 Å². The lowest BCUT2D eigenvalue weighted by molar-refractivity contribution is 0.00889. The highest BCUT2D eigenvalue weighted by Crippen LogP contribution is 2.26. The number of benzene rings is 4. The van der Waals surface area contributed by atoms with Crippen LogP contribution in [0.4, 0.5) is 0 Å². The molecule has 3 heterocycles. The van der Waals surface area contributed by atoms with Crippen molar-refractivity contribution in [3.8, 4) is 0 Å². The van der Waals surface area contributed by atoms with Crippen LogP contribution in [0.5, 0.6) is 0 Å². The zero-order valence-electron chi connectivity index (χ0n) is 32.0. The number of ether oxygens (including phenoxy) is 4. The third-order valence-corrected chi connectivity index (χ3v) is 10.2. The molecule has 0 unspecified atom stereocenters. The Kier molecular flexibility index (Phi) is 13.1. The molecule has 14 heteroatoms. The van der Waals surface area contributed by atoms with Crippen LogP contribution in [0.15, 0.2) is 97.1 Å². The molecule has 0 saturated carbocycles. The molecule has 0 spiro atoms. The highest BCUT2D eigenvalue weighted by atomic mass is 16.5. The minimum atomic E-state index is -0.335. The number of carbonyl (C=O) groups excluding carboxylic acids is 6. The normalized spacial score (nSPS) is 17.5. The Balaban J connectivity index is 0.877. The Morgan fingerprint density at radius 3 is 0.948 bits per heavy atom. The number of hydrogen-bond donors (Lipinski definition) is 0. The second-order valence-corrected chi connectivity index (χ2v) is 13.9. The lowest BCUT2D eigenvalue weighted by Gasteiger charge is -2.24. The fourth-order valence-electron chi connectivity index (χ4n) is 6.97. The second-order valence-electron chi connectivity index (χ2n) is 13.9. The van der Waals surface area contributed by atoms with Gasteiger partial charge in [0, 0.05) is 37.3 Å². The molecule has 3 aliphatic heterocycles. The van der Waals surface area contributed by atoms with E-state index in [0.717, 1.165) is 11.1 Å². The van der Waals surface area contributed by atoms with Gasteiger partial charge in [-0.05, 0) is 59.7 Å². The summed E-state index contributed by atoms with van der Waals surface area (Å²) in [6.45, 7) is 3.68. The standard InChI is InChI=1S/C44H44N4O10/c49-39(33-13-9-31(10-14-33)29-47-41(51)35-5-1-2-6-36(35)42(47)52)45-17-21-55-25-27-57-23-19-46(20-24-58-28-26-56-22-18-45)40(50)34-15-11-32(12-16-34)30-48-43(53)37-7-3-4-8-38(37)44(48)54/h1-16H,17-30H2. The van der Waals surface area contributed by atoms with Crippen molar-refractivity contribution in [2.24, 2.45) is 0 Å². The van der Waals surface area contributed by atoms with E-state index in [9.17, 15) is 28.8 Å². The fraction of sp³-hybridized carbons (Fsp3) is 0.318. The van der Waals surface area contributed by atoms with Gasteiger partial charge < -0.3 is 28.7 Å². The molecule has 58 heavy (non-hydrogen) atoms. The molecule has 4 aromatic rings. The van der Waals surface area contributed by atoms with Crippen LogP contribution in [0.2, 0.25) is 0 Å². The molecule has 0 bridgehead atoms. The summed E-state index contributed by atoms with van der Waals surface area (Å²) in [4.78, 5) is 84.1. The Morgan fingerprint density at radius 1 is 0.397 bits per heavy atom. The van der Waals surface area contributed by atoms with E-state index in [1.54, 1.807) is 107 Å². The highest BCUT2D eigenvalue weighted by molar-refractivity contribution is 6.22. The van der Waals surface area contributed by atoms with Crippen molar-refractivity contribution in [1.82, 2.24) is 19.6 Å². The molecule has 14 nitrogen and oxygen atoms in total. The van der Waals surface area contributed by atoms with Crippen LogP contribution in [-0.2, 0) is 32.0 Å². The van der Waals surface area contributed by atoms with Gasteiger partial charge in [-0.15, -0.1) is 0 Å². The second kappa shape index (κ2) is 18.9. The molecule has 6 amide bonds. The monoisotopic (exact) mass is 788 g/mol. The van der Waals surface area contributed by atoms with E-state index in [-0.39, 0.29) is 101 Å². The van der Waals surface area contributed by atoms with Crippen LogP contribution in [0.3, 0.4) is 0 Å². The molecule has 0 aromatic heterocycles. The first-order valence-electron chi connectivity index (χ1n) is 19.3. The highest BCUT2D eigenvalue weighted by Gasteiger charge is 2.36. The minimum absolute atomic E-state index is 0.101. The first kappa shape index (κ1) is 40.1. The molecule has 0 N–H and O–H groups in total. The van der Waals surface area contributed by atoms with Gasteiger partial charge in [-0.2, -0.15) is 0 Å². The third-order valence-electron chi connectivity index (χ3n) is 10.2. The predicted octanol–water partition coefficient (Wildman–Crippen LogP) is 3.94. The van der Waals surface area contributed by atoms with Gasteiger partial charge in [0.15, 0.2) is 0 Å². The predicted molar refractivity (Wildman–Crippen MR) is 209 cm³/mol. The SMILES string of the molecule is O=C(c1ccc(CN2C(=O)c3ccccc3C2=O)cc1)N1CCOCCOCCN(C(=O)c2ccc(CN3C(=O)c4ccccc4C3=O)cc2)CCOCCOCC1. The van der Waals surface area contributed by atoms with Crippen LogP contribution in [0, 0.1) is 0 Å². The van der Waals surface area contributed by atoms with Crippen molar-refractivity contribution in [1.29, 1.82) is 0 Å². The van der Waals surface area contributed by atoms with E-state index >= 15 is 0 Å². The molecule has 1 saturated heterocycles. The van der Waals surface area contributed by atoms with E-state index in [4.69, 9.17) is 18.9 Å². The van der Waals surface area contributed by atoms with Crippen LogP contribution in [0.25, 0.3) is 0 Å². The van der Waals surface area contributed by atoms with Crippen molar-refractivity contribution in [2.45, 2.75) is 13.1 Å². The van der Waals surface area contributed by atoms with Gasteiger partial charge in [-0.25, -0.2) is 0 Å². The van der Waals surface area contributed by atoms with Crippen molar-refractivity contribution in [2.75, 3.05) is 79.0 Å². The van der Waals surface area contributed by atoms with Crippen LogP contribution < -0.4 is 0 Å². The van der Waals surface area contributed by atoms with E-state index in [2.05, 4.69) is 0 Å². The van der Waals surface area contributed by atoms with Crippen LogP contribution in [-0.4, -0.2) is 134 Å². The smallest absolute Gasteiger partial charge is 0.261 e. The van der Waals surface area contributed by atoms with E-state index < -0.39 is 0 Å². The molecule has 1 fully saturated rings. The summed E-state index contributed by atoms with van der Waals surface area (Å²) in [5, 5.41) is 0. The first-order chi connectivity index (χ1) is 28.3. The molecule has 300 valence electrons. The summed E-state index contributed by atoms with van der Waals surface area (Å²) in [7, 11) is 0. The van der Waals surface area contributed by atoms with Gasteiger partial charge >= 0.3 is 0 Å². The number of carbonyl (C=O) groups is 6. The average Bonchev–Trinajstić information content (AvgIpc) is 3.63. The molecule has 0 aliphatic carbocycles. The van der Waals surface area contributed by atoms with Crippen molar-refractivity contribution in [3.05, 3.63) is 142 Å². The van der Waals surface area contributed by atoms with Crippen molar-refractivity contribution in [3.63, 3.8) is 0 Å². The van der Waals surface area contributed by atoms with Gasteiger partial charge in [-0.1, -0.05) is 48.5 Å². The topological polar surface area (TPSA) is 152 Å². The van der Waals surface area contributed by atoms with Gasteiger partial charge in [0.05, 0.1) is 88.2 Å². The third kappa shape index (κ3) is 9.21. The summed E-state index contributed by atoms with van der Waals surface area (Å²) in [5.41, 5.74) is 3.91. The Labute approximate surface area is 335 Å². The lowest BCUT2D eigenvalue weighted by Crippen LogP contribution is -2.38. The summed E-state index contributed by atoms with van der Waals surface area (Å²) >= 11 is 0. The summed E-state index contributed by atoms with van der Waals surface area (Å²) in [6, 6.07) is 27.2. The van der Waals surface area contributed by atoms with E-state index in [0.29, 0.717) is 59.6 Å². The molecule has 7 rings (SSSR count). The minimum Gasteiger partial charge on any atom is -0.377 e. The maximum atomic E-state index is 13.6. The largest absolute Gasteiger partial charge is 0.377 e. The van der Waals surface area contributed by atoms with Gasteiger partial charge in [0.1, 0.15) is 0 Å². The van der Waals surface area contributed by atoms with E-state index in [1.807, 2.05) is 0 Å². The average molecular weight is 789 g/mol. The number of rotatable bonds is 6. The van der Waals surface area contributed by atoms with E-state index in [1.165, 1.54) is 9.80 Å². The summed E-state index contributed by atoms with van der Waals surface area (Å²) < 4.78 is 23.2. The van der Waals surface area contributed by atoms with Crippen molar-refractivity contribution < 1.29 is 47.7 Å². The molecule has 4 aromatic carbocycles. The zero-order valence-corrected chi connectivity index (χ0v) is 32.0. The van der Waals surface area contributed by atoms with Crippen molar-refractivity contribution >= 4 is 35.4 Å². The molecular weight excluding hydrogens is 745 g/mol. The number of hydrogen-bond acceptors (Lipinski definition) is 10. The quantitative estimate of drug-likeness (QED) is 0.263. The van der Waals surface area contributed by atoms with Gasteiger partial charge in [-0.3, -0.25) is 38.6 Å². The molecule has 0 radical (unpaired) electrons.